The number of amides is 1. The lowest BCUT2D eigenvalue weighted by molar-refractivity contribution is 0.100. The van der Waals surface area contributed by atoms with Crippen molar-refractivity contribution >= 4 is 6.09 Å². The molecule has 7 nitrogen and oxygen atoms in total. The van der Waals surface area contributed by atoms with Gasteiger partial charge in [-0.05, 0) is 19.4 Å². The fraction of sp³-hybridized carbons (Fsp3) is 0.471. The summed E-state index contributed by atoms with van der Waals surface area (Å²) in [4.78, 5) is 19.9. The minimum absolute atomic E-state index is 0.202. The predicted molar refractivity (Wildman–Crippen MR) is 90.4 cm³/mol. The largest absolute Gasteiger partial charge is 0.448 e. The number of nitrogens with zero attached hydrogens (tertiary/aromatic N) is 4. The van der Waals surface area contributed by atoms with Crippen molar-refractivity contribution in [2.24, 2.45) is 0 Å². The Hall–Kier alpha value is -2.41. The van der Waals surface area contributed by atoms with Gasteiger partial charge >= 0.3 is 6.09 Å². The van der Waals surface area contributed by atoms with Gasteiger partial charge in [0, 0.05) is 26.2 Å². The highest BCUT2D eigenvalue weighted by Crippen LogP contribution is 2.30. The van der Waals surface area contributed by atoms with Gasteiger partial charge in [-0.2, -0.15) is 5.10 Å². The summed E-state index contributed by atoms with van der Waals surface area (Å²) in [7, 11) is 3.36. The van der Waals surface area contributed by atoms with Crippen LogP contribution in [0, 0.1) is 0 Å². The van der Waals surface area contributed by atoms with Crippen LogP contribution in [-0.4, -0.2) is 64.9 Å². The molecule has 1 saturated heterocycles. The van der Waals surface area contributed by atoms with E-state index in [1.165, 1.54) is 4.90 Å². The SMILES string of the molecule is CN(C)C(=O)OCCN1CCC[C@H]1c1nc(-c2ccccc2)n[nH]1. The number of carbonyl (C=O) groups is 1. The Labute approximate surface area is 141 Å². The zero-order chi connectivity index (χ0) is 16.9. The molecule has 128 valence electrons. The number of hydrogen-bond acceptors (Lipinski definition) is 5. The fourth-order valence-corrected chi connectivity index (χ4v) is 2.92. The van der Waals surface area contributed by atoms with E-state index in [9.17, 15) is 4.79 Å². The molecule has 1 aromatic heterocycles. The van der Waals surface area contributed by atoms with E-state index in [0.29, 0.717) is 13.2 Å². The third-order valence-electron chi connectivity index (χ3n) is 4.18. The van der Waals surface area contributed by atoms with Crippen LogP contribution in [0.25, 0.3) is 11.4 Å². The van der Waals surface area contributed by atoms with Crippen LogP contribution in [0.1, 0.15) is 24.7 Å². The summed E-state index contributed by atoms with van der Waals surface area (Å²) >= 11 is 0. The van der Waals surface area contributed by atoms with Crippen LogP contribution in [0.2, 0.25) is 0 Å². The van der Waals surface area contributed by atoms with Gasteiger partial charge in [-0.1, -0.05) is 30.3 Å². The van der Waals surface area contributed by atoms with Crippen LogP contribution in [-0.2, 0) is 4.74 Å². The number of nitrogens with one attached hydrogen (secondary N) is 1. The van der Waals surface area contributed by atoms with Crippen LogP contribution < -0.4 is 0 Å². The van der Waals surface area contributed by atoms with Crippen molar-refractivity contribution in [1.82, 2.24) is 25.0 Å². The standard InChI is InChI=1S/C17H23N5O2/c1-21(2)17(23)24-12-11-22-10-6-9-14(22)16-18-15(19-20-16)13-7-4-3-5-8-13/h3-5,7-8,14H,6,9-12H2,1-2H3,(H,18,19,20)/t14-/m0/s1. The fourth-order valence-electron chi connectivity index (χ4n) is 2.92. The summed E-state index contributed by atoms with van der Waals surface area (Å²) < 4.78 is 5.22. The highest BCUT2D eigenvalue weighted by Gasteiger charge is 2.28. The van der Waals surface area contributed by atoms with Crippen molar-refractivity contribution in [1.29, 1.82) is 0 Å². The van der Waals surface area contributed by atoms with Crippen molar-refractivity contribution in [2.45, 2.75) is 18.9 Å². The van der Waals surface area contributed by atoms with Gasteiger partial charge in [0.25, 0.3) is 0 Å². The molecule has 1 N–H and O–H groups in total. The van der Waals surface area contributed by atoms with Gasteiger partial charge < -0.3 is 9.64 Å². The molecule has 1 atom stereocenters. The molecular weight excluding hydrogens is 306 g/mol. The number of aromatic nitrogens is 3. The Morgan fingerprint density at radius 3 is 2.92 bits per heavy atom. The Balaban J connectivity index is 1.61. The lowest BCUT2D eigenvalue weighted by atomic mass is 10.2. The quantitative estimate of drug-likeness (QED) is 0.911. The van der Waals surface area contributed by atoms with E-state index in [1.807, 2.05) is 30.3 Å². The van der Waals surface area contributed by atoms with Crippen molar-refractivity contribution in [3.63, 3.8) is 0 Å². The van der Waals surface area contributed by atoms with E-state index < -0.39 is 0 Å². The number of likely N-dealkylation sites (tertiary alicyclic amines) is 1. The molecule has 1 fully saturated rings. The van der Waals surface area contributed by atoms with Gasteiger partial charge in [0.15, 0.2) is 5.82 Å². The third-order valence-corrected chi connectivity index (χ3v) is 4.18. The Bertz CT molecular complexity index is 671. The van der Waals surface area contributed by atoms with E-state index in [1.54, 1.807) is 14.1 Å². The second kappa shape index (κ2) is 7.44. The molecule has 0 spiro atoms. The van der Waals surface area contributed by atoms with Gasteiger partial charge in [0.2, 0.25) is 0 Å². The maximum absolute atomic E-state index is 11.5. The zero-order valence-corrected chi connectivity index (χ0v) is 14.1. The molecule has 7 heteroatoms. The molecule has 0 bridgehead atoms. The number of H-pyrrole nitrogens is 1. The van der Waals surface area contributed by atoms with E-state index in [4.69, 9.17) is 4.74 Å². The van der Waals surface area contributed by atoms with Crippen LogP contribution in [0.3, 0.4) is 0 Å². The molecular formula is C17H23N5O2. The number of hydrogen-bond donors (Lipinski definition) is 1. The topological polar surface area (TPSA) is 74.3 Å². The molecule has 1 aromatic carbocycles. The normalized spacial score (nSPS) is 17.8. The van der Waals surface area contributed by atoms with Gasteiger partial charge in [0.05, 0.1) is 6.04 Å². The van der Waals surface area contributed by atoms with Crippen molar-refractivity contribution < 1.29 is 9.53 Å². The van der Waals surface area contributed by atoms with Crippen LogP contribution in [0.15, 0.2) is 30.3 Å². The molecule has 0 unspecified atom stereocenters. The van der Waals surface area contributed by atoms with Gasteiger partial charge in [-0.25, -0.2) is 9.78 Å². The number of ether oxygens (including phenoxy) is 1. The molecule has 2 aromatic rings. The molecule has 0 radical (unpaired) electrons. The second-order valence-electron chi connectivity index (χ2n) is 6.11. The average Bonchev–Trinajstić information content (AvgIpc) is 3.24. The molecule has 1 amide bonds. The first kappa shape index (κ1) is 16.4. The maximum atomic E-state index is 11.5. The Kier molecular flexibility index (Phi) is 5.10. The number of benzene rings is 1. The van der Waals surface area contributed by atoms with Crippen LogP contribution in [0.4, 0.5) is 4.79 Å². The second-order valence-corrected chi connectivity index (χ2v) is 6.11. The predicted octanol–water partition coefficient (Wildman–Crippen LogP) is 2.31. The number of rotatable bonds is 5. The van der Waals surface area contributed by atoms with Crippen LogP contribution >= 0.6 is 0 Å². The van der Waals surface area contributed by atoms with Gasteiger partial charge in [-0.15, -0.1) is 0 Å². The van der Waals surface area contributed by atoms with Gasteiger partial charge in [0.1, 0.15) is 12.4 Å². The first-order valence-corrected chi connectivity index (χ1v) is 8.21. The summed E-state index contributed by atoms with van der Waals surface area (Å²) in [5.74, 6) is 1.60. The molecule has 2 heterocycles. The first-order valence-electron chi connectivity index (χ1n) is 8.21. The van der Waals surface area contributed by atoms with E-state index >= 15 is 0 Å². The first-order chi connectivity index (χ1) is 11.6. The molecule has 3 rings (SSSR count). The Morgan fingerprint density at radius 2 is 2.17 bits per heavy atom. The monoisotopic (exact) mass is 329 g/mol. The molecule has 0 aliphatic carbocycles. The van der Waals surface area contributed by atoms with E-state index in [0.717, 1.165) is 36.6 Å². The molecule has 1 aliphatic rings. The third kappa shape index (κ3) is 3.73. The van der Waals surface area contributed by atoms with Crippen molar-refractivity contribution in [3.8, 4) is 11.4 Å². The summed E-state index contributed by atoms with van der Waals surface area (Å²) in [6.07, 6.45) is 1.83. The van der Waals surface area contributed by atoms with Crippen LogP contribution in [0.5, 0.6) is 0 Å². The van der Waals surface area contributed by atoms with E-state index in [2.05, 4.69) is 20.1 Å². The summed E-state index contributed by atoms with van der Waals surface area (Å²) in [5, 5.41) is 7.42. The summed E-state index contributed by atoms with van der Waals surface area (Å²) in [5.41, 5.74) is 1.00. The smallest absolute Gasteiger partial charge is 0.409 e. The van der Waals surface area contributed by atoms with Crippen molar-refractivity contribution in [3.05, 3.63) is 36.2 Å². The minimum atomic E-state index is -0.309. The molecule has 0 saturated carbocycles. The summed E-state index contributed by atoms with van der Waals surface area (Å²) in [6.45, 7) is 2.06. The number of carbonyl (C=O) groups excluding carboxylic acids is 1. The lowest BCUT2D eigenvalue weighted by Crippen LogP contribution is -2.31. The highest BCUT2D eigenvalue weighted by atomic mass is 16.6. The van der Waals surface area contributed by atoms with Gasteiger partial charge in [-0.3, -0.25) is 10.00 Å². The Morgan fingerprint density at radius 1 is 1.38 bits per heavy atom. The minimum Gasteiger partial charge on any atom is -0.448 e. The highest BCUT2D eigenvalue weighted by molar-refractivity contribution is 5.66. The zero-order valence-electron chi connectivity index (χ0n) is 14.1. The number of aromatic amines is 1. The van der Waals surface area contributed by atoms with Crippen molar-refractivity contribution in [2.75, 3.05) is 33.8 Å². The molecule has 1 aliphatic heterocycles. The average molecular weight is 329 g/mol. The molecule has 24 heavy (non-hydrogen) atoms. The lowest BCUT2D eigenvalue weighted by Gasteiger charge is -2.22. The summed E-state index contributed by atoms with van der Waals surface area (Å²) in [6, 6.07) is 10.1. The van der Waals surface area contributed by atoms with E-state index in [-0.39, 0.29) is 12.1 Å². The maximum Gasteiger partial charge on any atom is 0.409 e.